The van der Waals surface area contributed by atoms with Crippen LogP contribution in [0.15, 0.2) is 48.5 Å². The van der Waals surface area contributed by atoms with Crippen molar-refractivity contribution in [2.24, 2.45) is 0 Å². The van der Waals surface area contributed by atoms with E-state index in [-0.39, 0.29) is 17.8 Å². The van der Waals surface area contributed by atoms with Gasteiger partial charge in [0.05, 0.1) is 13.2 Å². The molecular weight excluding hydrogens is 330 g/mol. The molecule has 0 radical (unpaired) electrons. The highest BCUT2D eigenvalue weighted by Crippen LogP contribution is 2.19. The number of carbonyl (C=O) groups is 1. The van der Waals surface area contributed by atoms with Gasteiger partial charge in [-0.25, -0.2) is 4.79 Å². The normalized spacial score (nSPS) is 11.7. The number of methoxy groups -OCH3 is 1. The Morgan fingerprint density at radius 1 is 1.04 bits per heavy atom. The molecule has 1 unspecified atom stereocenters. The lowest BCUT2D eigenvalue weighted by atomic mass is 10.1. The molecule has 2 aromatic rings. The van der Waals surface area contributed by atoms with Crippen LogP contribution in [0.3, 0.4) is 0 Å². The molecule has 7 heteroatoms. The molecule has 2 rings (SSSR count). The lowest BCUT2D eigenvalue weighted by Gasteiger charge is -2.16. The van der Waals surface area contributed by atoms with Crippen molar-refractivity contribution in [2.45, 2.75) is 26.1 Å². The van der Waals surface area contributed by atoms with Crippen LogP contribution in [0.5, 0.6) is 11.5 Å². The molecule has 0 saturated carbocycles. The van der Waals surface area contributed by atoms with Crippen molar-refractivity contribution in [2.75, 3.05) is 7.11 Å². The second-order valence-corrected chi connectivity index (χ2v) is 5.34. The molecule has 0 bridgehead atoms. The topological polar surface area (TPSA) is 59.6 Å². The first-order chi connectivity index (χ1) is 12.0. The first kappa shape index (κ1) is 18.5. The molecule has 1 atom stereocenters. The van der Waals surface area contributed by atoms with Gasteiger partial charge in [0.15, 0.2) is 0 Å². The fraction of sp³-hybridized carbons (Fsp3) is 0.278. The van der Waals surface area contributed by atoms with E-state index < -0.39 is 6.61 Å². The van der Waals surface area contributed by atoms with E-state index in [0.29, 0.717) is 6.54 Å². The largest absolute Gasteiger partial charge is 0.497 e. The Morgan fingerprint density at radius 2 is 1.64 bits per heavy atom. The predicted molar refractivity (Wildman–Crippen MR) is 89.9 cm³/mol. The number of ether oxygens (including phenoxy) is 2. The minimum atomic E-state index is -2.86. The monoisotopic (exact) mass is 350 g/mol. The fourth-order valence-corrected chi connectivity index (χ4v) is 2.19. The van der Waals surface area contributed by atoms with Crippen LogP contribution >= 0.6 is 0 Å². The molecule has 5 nitrogen and oxygen atoms in total. The summed E-state index contributed by atoms with van der Waals surface area (Å²) in [6.45, 7) is -0.676. The molecule has 2 N–H and O–H groups in total. The van der Waals surface area contributed by atoms with E-state index in [9.17, 15) is 13.6 Å². The second kappa shape index (κ2) is 8.86. The summed E-state index contributed by atoms with van der Waals surface area (Å²) in [6, 6.07) is 12.9. The molecule has 0 fully saturated rings. The third-order valence-corrected chi connectivity index (χ3v) is 3.56. The van der Waals surface area contributed by atoms with Crippen molar-refractivity contribution in [3.05, 3.63) is 59.7 Å². The van der Waals surface area contributed by atoms with Crippen molar-refractivity contribution in [3.8, 4) is 11.5 Å². The number of amides is 2. The summed E-state index contributed by atoms with van der Waals surface area (Å²) in [6.07, 6.45) is 0. The summed E-state index contributed by atoms with van der Waals surface area (Å²) in [5.74, 6) is 0.830. The molecule has 25 heavy (non-hydrogen) atoms. The number of carbonyl (C=O) groups excluding carboxylic acids is 1. The summed E-state index contributed by atoms with van der Waals surface area (Å²) < 4.78 is 33.6. The van der Waals surface area contributed by atoms with E-state index in [1.165, 1.54) is 12.1 Å². The molecule has 0 aliphatic heterocycles. The SMILES string of the molecule is COc1ccc(CNC(=O)NC(C)c2ccc(OC(F)F)cc2)cc1. The lowest BCUT2D eigenvalue weighted by Crippen LogP contribution is -2.36. The van der Waals surface area contributed by atoms with Gasteiger partial charge in [-0.3, -0.25) is 0 Å². The van der Waals surface area contributed by atoms with Gasteiger partial charge in [-0.15, -0.1) is 0 Å². The number of alkyl halides is 2. The minimum absolute atomic E-state index is 0.0786. The summed E-state index contributed by atoms with van der Waals surface area (Å²) in [5, 5.41) is 5.55. The molecule has 0 aliphatic rings. The Balaban J connectivity index is 1.82. The number of urea groups is 1. The standard InChI is InChI=1S/C18H20F2N2O3/c1-12(14-5-9-16(10-6-14)25-17(19)20)22-18(23)21-11-13-3-7-15(24-2)8-4-13/h3-10,12,17H,11H2,1-2H3,(H2,21,22,23). The molecule has 0 heterocycles. The van der Waals surface area contributed by atoms with Crippen LogP contribution in [0.25, 0.3) is 0 Å². The molecule has 2 aromatic carbocycles. The Morgan fingerprint density at radius 3 is 2.20 bits per heavy atom. The zero-order valence-corrected chi connectivity index (χ0v) is 14.0. The number of hydrogen-bond acceptors (Lipinski definition) is 3. The summed E-state index contributed by atoms with van der Waals surface area (Å²) in [7, 11) is 1.59. The van der Waals surface area contributed by atoms with Crippen LogP contribution in [0, 0.1) is 0 Å². The van der Waals surface area contributed by atoms with Gasteiger partial charge in [-0.2, -0.15) is 8.78 Å². The predicted octanol–water partition coefficient (Wildman–Crippen LogP) is 3.86. The summed E-state index contributed by atoms with van der Waals surface area (Å²) >= 11 is 0. The van der Waals surface area contributed by atoms with Crippen LogP contribution < -0.4 is 20.1 Å². The van der Waals surface area contributed by atoms with E-state index in [1.807, 2.05) is 24.3 Å². The van der Waals surface area contributed by atoms with Crippen molar-refractivity contribution in [1.29, 1.82) is 0 Å². The van der Waals surface area contributed by atoms with Crippen LogP contribution in [0.4, 0.5) is 13.6 Å². The van der Waals surface area contributed by atoms with Crippen LogP contribution in [-0.4, -0.2) is 19.8 Å². The lowest BCUT2D eigenvalue weighted by molar-refractivity contribution is -0.0498. The third kappa shape index (κ3) is 5.95. The fourth-order valence-electron chi connectivity index (χ4n) is 2.19. The van der Waals surface area contributed by atoms with Crippen molar-refractivity contribution >= 4 is 6.03 Å². The van der Waals surface area contributed by atoms with Gasteiger partial charge in [0.25, 0.3) is 0 Å². The zero-order valence-electron chi connectivity index (χ0n) is 14.0. The smallest absolute Gasteiger partial charge is 0.387 e. The van der Waals surface area contributed by atoms with Crippen molar-refractivity contribution < 1.29 is 23.0 Å². The molecule has 0 saturated heterocycles. The van der Waals surface area contributed by atoms with Gasteiger partial charge in [0, 0.05) is 6.54 Å². The number of benzene rings is 2. The van der Waals surface area contributed by atoms with E-state index in [0.717, 1.165) is 16.9 Å². The molecular formula is C18H20F2N2O3. The third-order valence-electron chi connectivity index (χ3n) is 3.56. The zero-order chi connectivity index (χ0) is 18.2. The van der Waals surface area contributed by atoms with Gasteiger partial charge in [-0.05, 0) is 42.3 Å². The Labute approximate surface area is 144 Å². The number of hydrogen-bond donors (Lipinski definition) is 2. The van der Waals surface area contributed by atoms with Crippen LogP contribution in [0.1, 0.15) is 24.1 Å². The average molecular weight is 350 g/mol. The maximum atomic E-state index is 12.1. The molecule has 2 amide bonds. The summed E-state index contributed by atoms with van der Waals surface area (Å²) in [5.41, 5.74) is 1.72. The van der Waals surface area contributed by atoms with Crippen molar-refractivity contribution in [1.82, 2.24) is 10.6 Å². The van der Waals surface area contributed by atoms with Gasteiger partial charge in [0.1, 0.15) is 11.5 Å². The van der Waals surface area contributed by atoms with Gasteiger partial charge >= 0.3 is 12.6 Å². The highest BCUT2D eigenvalue weighted by atomic mass is 19.3. The number of halogens is 2. The average Bonchev–Trinajstić information content (AvgIpc) is 2.60. The second-order valence-electron chi connectivity index (χ2n) is 5.34. The molecule has 0 spiro atoms. The quantitative estimate of drug-likeness (QED) is 0.797. The van der Waals surface area contributed by atoms with Gasteiger partial charge in [0.2, 0.25) is 0 Å². The van der Waals surface area contributed by atoms with Gasteiger partial charge < -0.3 is 20.1 Å². The highest BCUT2D eigenvalue weighted by molar-refractivity contribution is 5.74. The number of nitrogens with one attached hydrogen (secondary N) is 2. The Kier molecular flexibility index (Phi) is 6.56. The molecule has 0 aliphatic carbocycles. The van der Waals surface area contributed by atoms with E-state index in [1.54, 1.807) is 26.2 Å². The Hall–Kier alpha value is -2.83. The van der Waals surface area contributed by atoms with E-state index in [2.05, 4.69) is 15.4 Å². The minimum Gasteiger partial charge on any atom is -0.497 e. The van der Waals surface area contributed by atoms with Crippen LogP contribution in [0.2, 0.25) is 0 Å². The molecule has 0 aromatic heterocycles. The first-order valence-electron chi connectivity index (χ1n) is 7.70. The molecule has 134 valence electrons. The van der Waals surface area contributed by atoms with E-state index >= 15 is 0 Å². The number of rotatable bonds is 7. The van der Waals surface area contributed by atoms with Crippen molar-refractivity contribution in [3.63, 3.8) is 0 Å². The Bertz CT molecular complexity index is 676. The van der Waals surface area contributed by atoms with E-state index in [4.69, 9.17) is 4.74 Å². The summed E-state index contributed by atoms with van der Waals surface area (Å²) in [4.78, 5) is 12.0. The maximum Gasteiger partial charge on any atom is 0.387 e. The first-order valence-corrected chi connectivity index (χ1v) is 7.70. The maximum absolute atomic E-state index is 12.1. The van der Waals surface area contributed by atoms with Crippen LogP contribution in [-0.2, 0) is 6.54 Å². The van der Waals surface area contributed by atoms with Gasteiger partial charge in [-0.1, -0.05) is 24.3 Å². The highest BCUT2D eigenvalue weighted by Gasteiger charge is 2.10.